The fourth-order valence-electron chi connectivity index (χ4n) is 2.43. The van der Waals surface area contributed by atoms with Crippen molar-refractivity contribution in [1.29, 1.82) is 0 Å². The Morgan fingerprint density at radius 3 is 2.62 bits per heavy atom. The first-order chi connectivity index (χ1) is 9.95. The number of carbonyl (C=O) groups is 2. The van der Waals surface area contributed by atoms with Crippen molar-refractivity contribution in [2.24, 2.45) is 0 Å². The second-order valence-corrected chi connectivity index (χ2v) is 4.91. The van der Waals surface area contributed by atoms with Crippen LogP contribution in [-0.4, -0.2) is 28.4 Å². The monoisotopic (exact) mass is 290 g/mol. The van der Waals surface area contributed by atoms with Gasteiger partial charge in [-0.3, -0.25) is 9.59 Å². The lowest BCUT2D eigenvalue weighted by Gasteiger charge is -2.13. The lowest BCUT2D eigenvalue weighted by atomic mass is 10.1. The maximum absolute atomic E-state index is 12.3. The molecule has 1 atom stereocenters. The summed E-state index contributed by atoms with van der Waals surface area (Å²) >= 11 is 0. The van der Waals surface area contributed by atoms with E-state index in [2.05, 4.69) is 10.3 Å². The quantitative estimate of drug-likeness (QED) is 0.733. The number of Topliss-reactive ketones (excluding diaryl/α,β-unsaturated/α-hetero) is 1. The number of aliphatic hydroxyl groups excluding tert-OH is 1. The van der Waals surface area contributed by atoms with E-state index in [1.807, 2.05) is 0 Å². The van der Waals surface area contributed by atoms with Gasteiger partial charge in [0.15, 0.2) is 5.78 Å². The molecule has 112 valence electrons. The Hall–Kier alpha value is -2.34. The molecule has 6 heteroatoms. The predicted molar refractivity (Wildman–Crippen MR) is 76.3 cm³/mol. The Morgan fingerprint density at radius 1 is 1.43 bits per heavy atom. The average molecular weight is 290 g/mol. The summed E-state index contributed by atoms with van der Waals surface area (Å²) in [6, 6.07) is 2.73. The van der Waals surface area contributed by atoms with Crippen molar-refractivity contribution in [2.45, 2.75) is 26.8 Å². The minimum absolute atomic E-state index is 0.0926. The molecule has 2 aromatic rings. The maximum Gasteiger partial charge on any atom is 0.268 e. The first-order valence-electron chi connectivity index (χ1n) is 6.61. The summed E-state index contributed by atoms with van der Waals surface area (Å²) in [5, 5.41) is 12.1. The maximum atomic E-state index is 12.3. The number of amides is 1. The Morgan fingerprint density at radius 2 is 2.14 bits per heavy atom. The van der Waals surface area contributed by atoms with E-state index in [0.29, 0.717) is 28.3 Å². The molecule has 6 nitrogen and oxygen atoms in total. The number of H-pyrrole nitrogens is 1. The molecular weight excluding hydrogens is 272 g/mol. The van der Waals surface area contributed by atoms with Crippen molar-refractivity contribution in [3.05, 3.63) is 46.7 Å². The van der Waals surface area contributed by atoms with Crippen LogP contribution in [0.4, 0.5) is 0 Å². The number of carbonyl (C=O) groups excluding carboxylic acids is 2. The van der Waals surface area contributed by atoms with Gasteiger partial charge >= 0.3 is 0 Å². The van der Waals surface area contributed by atoms with Crippen molar-refractivity contribution in [3.8, 4) is 0 Å². The standard InChI is InChI=1S/C15H18N2O4/c1-8-13(10(3)19)9(2)16-14(8)15(20)17-11(7-18)12-5-4-6-21-12/h4-6,11,16,18H,7H2,1-3H3,(H,17,20). The number of aromatic nitrogens is 1. The number of rotatable bonds is 5. The number of aryl methyl sites for hydroxylation is 1. The Balaban J connectivity index is 2.25. The van der Waals surface area contributed by atoms with Crippen LogP contribution in [-0.2, 0) is 0 Å². The predicted octanol–water partition coefficient (Wildman–Crippen LogP) is 1.89. The third kappa shape index (κ3) is 2.90. The van der Waals surface area contributed by atoms with Crippen molar-refractivity contribution in [1.82, 2.24) is 10.3 Å². The molecule has 3 N–H and O–H groups in total. The highest BCUT2D eigenvalue weighted by Crippen LogP contribution is 2.20. The molecule has 0 fully saturated rings. The molecule has 0 radical (unpaired) electrons. The summed E-state index contributed by atoms with van der Waals surface area (Å²) < 4.78 is 5.18. The van der Waals surface area contributed by atoms with Gasteiger partial charge in [-0.1, -0.05) is 0 Å². The molecule has 2 rings (SSSR count). The Labute approximate surface area is 122 Å². The third-order valence-corrected chi connectivity index (χ3v) is 3.39. The molecule has 0 spiro atoms. The molecule has 1 unspecified atom stereocenters. The average Bonchev–Trinajstić information content (AvgIpc) is 3.03. The van der Waals surface area contributed by atoms with Crippen LogP contribution in [0.3, 0.4) is 0 Å². The number of aromatic amines is 1. The summed E-state index contributed by atoms with van der Waals surface area (Å²) in [6.07, 6.45) is 1.47. The summed E-state index contributed by atoms with van der Waals surface area (Å²) in [4.78, 5) is 26.8. The Kier molecular flexibility index (Phi) is 4.28. The first kappa shape index (κ1) is 15.1. The third-order valence-electron chi connectivity index (χ3n) is 3.39. The smallest absolute Gasteiger partial charge is 0.268 e. The topological polar surface area (TPSA) is 95.3 Å². The van der Waals surface area contributed by atoms with Crippen molar-refractivity contribution < 1.29 is 19.1 Å². The zero-order chi connectivity index (χ0) is 15.6. The molecule has 1 amide bonds. The van der Waals surface area contributed by atoms with Crippen LogP contribution in [0.15, 0.2) is 22.8 Å². The minimum atomic E-state index is -0.628. The van der Waals surface area contributed by atoms with Gasteiger partial charge < -0.3 is 19.8 Å². The van der Waals surface area contributed by atoms with Crippen LogP contribution in [0.25, 0.3) is 0 Å². The molecule has 0 aliphatic rings. The second kappa shape index (κ2) is 5.97. The van der Waals surface area contributed by atoms with E-state index < -0.39 is 11.9 Å². The van der Waals surface area contributed by atoms with Crippen LogP contribution in [0.5, 0.6) is 0 Å². The molecule has 0 aliphatic heterocycles. The molecule has 0 bridgehead atoms. The van der Waals surface area contributed by atoms with Gasteiger partial charge in [0, 0.05) is 11.3 Å². The molecule has 21 heavy (non-hydrogen) atoms. The van der Waals surface area contributed by atoms with Crippen molar-refractivity contribution >= 4 is 11.7 Å². The van der Waals surface area contributed by atoms with Crippen molar-refractivity contribution in [2.75, 3.05) is 6.61 Å². The molecule has 0 aromatic carbocycles. The van der Waals surface area contributed by atoms with Gasteiger partial charge in [-0.05, 0) is 38.5 Å². The van der Waals surface area contributed by atoms with Gasteiger partial charge in [-0.15, -0.1) is 0 Å². The number of aliphatic hydroxyl groups is 1. The van der Waals surface area contributed by atoms with Gasteiger partial charge in [0.25, 0.3) is 5.91 Å². The van der Waals surface area contributed by atoms with Gasteiger partial charge in [0.1, 0.15) is 17.5 Å². The van der Waals surface area contributed by atoms with Crippen LogP contribution in [0.2, 0.25) is 0 Å². The minimum Gasteiger partial charge on any atom is -0.467 e. The van der Waals surface area contributed by atoms with Crippen molar-refractivity contribution in [3.63, 3.8) is 0 Å². The molecule has 0 saturated carbocycles. The number of ketones is 1. The van der Waals surface area contributed by atoms with E-state index >= 15 is 0 Å². The second-order valence-electron chi connectivity index (χ2n) is 4.91. The van der Waals surface area contributed by atoms with Crippen LogP contribution in [0, 0.1) is 13.8 Å². The number of hydrogen-bond donors (Lipinski definition) is 3. The fourth-order valence-corrected chi connectivity index (χ4v) is 2.43. The van der Waals surface area contributed by atoms with E-state index in [1.54, 1.807) is 26.0 Å². The highest BCUT2D eigenvalue weighted by atomic mass is 16.3. The van der Waals surface area contributed by atoms with Gasteiger partial charge in [-0.2, -0.15) is 0 Å². The van der Waals surface area contributed by atoms with E-state index in [0.717, 1.165) is 0 Å². The SMILES string of the molecule is CC(=O)c1c(C)[nH]c(C(=O)NC(CO)c2ccco2)c1C. The van der Waals surface area contributed by atoms with Gasteiger partial charge in [0.05, 0.1) is 12.9 Å². The lowest BCUT2D eigenvalue weighted by molar-refractivity contribution is 0.0902. The van der Waals surface area contributed by atoms with E-state index in [-0.39, 0.29) is 12.4 Å². The highest BCUT2D eigenvalue weighted by Gasteiger charge is 2.23. The lowest BCUT2D eigenvalue weighted by Crippen LogP contribution is -2.31. The zero-order valence-corrected chi connectivity index (χ0v) is 12.2. The molecule has 0 saturated heterocycles. The highest BCUT2D eigenvalue weighted by molar-refractivity contribution is 6.02. The fraction of sp³-hybridized carbons (Fsp3) is 0.333. The number of nitrogens with one attached hydrogen (secondary N) is 2. The van der Waals surface area contributed by atoms with E-state index in [4.69, 9.17) is 4.42 Å². The summed E-state index contributed by atoms with van der Waals surface area (Å²) in [6.45, 7) is 4.65. The number of hydrogen-bond acceptors (Lipinski definition) is 4. The number of furan rings is 1. The van der Waals surface area contributed by atoms with E-state index in [1.165, 1.54) is 13.2 Å². The van der Waals surface area contributed by atoms with Crippen LogP contribution < -0.4 is 5.32 Å². The molecule has 0 aliphatic carbocycles. The molecule has 2 aromatic heterocycles. The summed E-state index contributed by atoms with van der Waals surface area (Å²) in [5.41, 5.74) is 2.11. The summed E-state index contributed by atoms with van der Waals surface area (Å²) in [5.74, 6) is -0.0119. The van der Waals surface area contributed by atoms with E-state index in [9.17, 15) is 14.7 Å². The van der Waals surface area contributed by atoms with Gasteiger partial charge in [0.2, 0.25) is 0 Å². The summed E-state index contributed by atoms with van der Waals surface area (Å²) in [7, 11) is 0. The molecule has 2 heterocycles. The Bertz CT molecular complexity index is 656. The molecular formula is C15H18N2O4. The van der Waals surface area contributed by atoms with Gasteiger partial charge in [-0.25, -0.2) is 0 Å². The van der Waals surface area contributed by atoms with Crippen LogP contribution in [0.1, 0.15) is 50.8 Å². The largest absolute Gasteiger partial charge is 0.467 e. The normalized spacial score (nSPS) is 12.2. The van der Waals surface area contributed by atoms with Crippen LogP contribution >= 0.6 is 0 Å². The first-order valence-corrected chi connectivity index (χ1v) is 6.61. The zero-order valence-electron chi connectivity index (χ0n) is 12.2.